The van der Waals surface area contributed by atoms with Crippen molar-refractivity contribution in [3.63, 3.8) is 0 Å². The number of rotatable bonds is 7. The van der Waals surface area contributed by atoms with E-state index in [9.17, 15) is 9.59 Å². The number of benzene rings is 2. The number of nitrogens with zero attached hydrogens (tertiary/aromatic N) is 2. The van der Waals surface area contributed by atoms with Crippen LogP contribution in [-0.2, 0) is 16.6 Å². The van der Waals surface area contributed by atoms with Gasteiger partial charge in [-0.25, -0.2) is 4.98 Å². The monoisotopic (exact) mass is 408 g/mol. The number of nitrogens with two attached hydrogens (primary N) is 1. The highest BCUT2D eigenvalue weighted by atomic mass is 16.5. The standard InChI is InChI=1S/C21H24N6O3/c1-24-15-11-17-16(10-14(15)21(29)25-9-8-18(28)30-3)26-20(27(17)2)13-6-4-12(5-7-13)19(22)23/h4-7,10-11,24H,8-9H2,1-3H3,(H3,22,23)(H,25,29). The van der Waals surface area contributed by atoms with E-state index in [1.165, 1.54) is 7.11 Å². The maximum absolute atomic E-state index is 12.6. The van der Waals surface area contributed by atoms with Crippen molar-refractivity contribution in [1.82, 2.24) is 14.9 Å². The molecular weight excluding hydrogens is 384 g/mol. The number of amides is 1. The first-order chi connectivity index (χ1) is 14.3. The molecule has 9 heteroatoms. The quantitative estimate of drug-likeness (QED) is 0.268. The van der Waals surface area contributed by atoms with Crippen molar-refractivity contribution >= 4 is 34.4 Å². The Morgan fingerprint density at radius 1 is 1.23 bits per heavy atom. The van der Waals surface area contributed by atoms with Gasteiger partial charge in [-0.05, 0) is 12.1 Å². The van der Waals surface area contributed by atoms with E-state index in [1.54, 1.807) is 25.2 Å². The molecule has 156 valence electrons. The lowest BCUT2D eigenvalue weighted by atomic mass is 10.1. The minimum Gasteiger partial charge on any atom is -0.469 e. The fraction of sp³-hybridized carbons (Fsp3) is 0.238. The van der Waals surface area contributed by atoms with E-state index in [0.717, 1.165) is 16.9 Å². The maximum Gasteiger partial charge on any atom is 0.307 e. The highest BCUT2D eigenvalue weighted by molar-refractivity contribution is 6.04. The summed E-state index contributed by atoms with van der Waals surface area (Å²) in [6.07, 6.45) is 0.101. The number of imidazole rings is 1. The van der Waals surface area contributed by atoms with Gasteiger partial charge < -0.3 is 25.7 Å². The smallest absolute Gasteiger partial charge is 0.307 e. The summed E-state index contributed by atoms with van der Waals surface area (Å²) in [5, 5.41) is 13.3. The van der Waals surface area contributed by atoms with Crippen molar-refractivity contribution in [3.05, 3.63) is 47.5 Å². The summed E-state index contributed by atoms with van der Waals surface area (Å²) >= 11 is 0. The van der Waals surface area contributed by atoms with Gasteiger partial charge in [-0.1, -0.05) is 24.3 Å². The summed E-state index contributed by atoms with van der Waals surface area (Å²) in [6.45, 7) is 0.183. The van der Waals surface area contributed by atoms with Gasteiger partial charge in [0.15, 0.2) is 0 Å². The molecule has 3 rings (SSSR count). The second-order valence-corrected chi connectivity index (χ2v) is 6.70. The van der Waals surface area contributed by atoms with E-state index in [4.69, 9.17) is 16.1 Å². The van der Waals surface area contributed by atoms with Crippen LogP contribution in [0.1, 0.15) is 22.3 Å². The van der Waals surface area contributed by atoms with Crippen molar-refractivity contribution in [2.75, 3.05) is 26.0 Å². The first kappa shape index (κ1) is 20.8. The van der Waals surface area contributed by atoms with E-state index >= 15 is 0 Å². The van der Waals surface area contributed by atoms with Crippen LogP contribution in [0.4, 0.5) is 5.69 Å². The molecule has 0 radical (unpaired) electrons. The van der Waals surface area contributed by atoms with Crippen LogP contribution in [0.5, 0.6) is 0 Å². The highest BCUT2D eigenvalue weighted by Gasteiger charge is 2.17. The molecule has 0 atom stereocenters. The van der Waals surface area contributed by atoms with E-state index in [-0.39, 0.29) is 30.7 Å². The number of nitrogens with one attached hydrogen (secondary N) is 3. The van der Waals surface area contributed by atoms with Gasteiger partial charge in [-0.15, -0.1) is 0 Å². The van der Waals surface area contributed by atoms with Gasteiger partial charge in [0.2, 0.25) is 0 Å². The second-order valence-electron chi connectivity index (χ2n) is 6.70. The molecule has 1 amide bonds. The molecule has 3 aromatic rings. The third-order valence-electron chi connectivity index (χ3n) is 4.83. The van der Waals surface area contributed by atoms with Crippen LogP contribution in [0.25, 0.3) is 22.4 Å². The fourth-order valence-electron chi connectivity index (χ4n) is 3.17. The van der Waals surface area contributed by atoms with E-state index < -0.39 is 0 Å². The number of hydrogen-bond donors (Lipinski definition) is 4. The Morgan fingerprint density at radius 3 is 2.53 bits per heavy atom. The molecule has 1 heterocycles. The number of aromatic nitrogens is 2. The van der Waals surface area contributed by atoms with Crippen LogP contribution < -0.4 is 16.4 Å². The molecule has 0 fully saturated rings. The van der Waals surface area contributed by atoms with Crippen molar-refractivity contribution < 1.29 is 14.3 Å². The van der Waals surface area contributed by atoms with Crippen LogP contribution in [0, 0.1) is 5.41 Å². The number of carbonyl (C=O) groups is 2. The average molecular weight is 408 g/mol. The summed E-state index contributed by atoms with van der Waals surface area (Å²) in [4.78, 5) is 28.6. The van der Waals surface area contributed by atoms with Crippen molar-refractivity contribution in [2.24, 2.45) is 12.8 Å². The molecule has 5 N–H and O–H groups in total. The van der Waals surface area contributed by atoms with Gasteiger partial charge >= 0.3 is 5.97 Å². The lowest BCUT2D eigenvalue weighted by Gasteiger charge is -2.10. The van der Waals surface area contributed by atoms with Gasteiger partial charge in [-0.2, -0.15) is 0 Å². The van der Waals surface area contributed by atoms with Crippen LogP contribution in [0.15, 0.2) is 36.4 Å². The average Bonchev–Trinajstić information content (AvgIpc) is 3.08. The largest absolute Gasteiger partial charge is 0.469 e. The van der Waals surface area contributed by atoms with E-state index in [0.29, 0.717) is 22.3 Å². The molecule has 1 aromatic heterocycles. The summed E-state index contributed by atoms with van der Waals surface area (Å²) < 4.78 is 6.53. The van der Waals surface area contributed by atoms with E-state index in [1.807, 2.05) is 29.8 Å². The van der Waals surface area contributed by atoms with Crippen LogP contribution >= 0.6 is 0 Å². The first-order valence-corrected chi connectivity index (χ1v) is 9.33. The fourth-order valence-corrected chi connectivity index (χ4v) is 3.17. The normalized spacial score (nSPS) is 10.6. The van der Waals surface area contributed by atoms with Gasteiger partial charge in [0, 0.05) is 37.5 Å². The Kier molecular flexibility index (Phi) is 6.01. The first-order valence-electron chi connectivity index (χ1n) is 9.33. The zero-order chi connectivity index (χ0) is 21.8. The number of methoxy groups -OCH3 is 1. The SMILES string of the molecule is CNc1cc2c(cc1C(=O)NCCC(=O)OC)nc(-c1ccc(C(=N)N)cc1)n2C. The molecule has 0 bridgehead atoms. The minimum atomic E-state index is -0.384. The predicted octanol–water partition coefficient (Wildman–Crippen LogP) is 1.86. The Hall–Kier alpha value is -3.88. The van der Waals surface area contributed by atoms with Crippen molar-refractivity contribution in [3.8, 4) is 11.4 Å². The molecule has 0 spiro atoms. The number of nitrogen functional groups attached to an aromatic ring is 1. The molecule has 30 heavy (non-hydrogen) atoms. The van der Waals surface area contributed by atoms with E-state index in [2.05, 4.69) is 15.4 Å². The van der Waals surface area contributed by atoms with Crippen molar-refractivity contribution in [1.29, 1.82) is 5.41 Å². The number of carbonyl (C=O) groups excluding carboxylic acids is 2. The lowest BCUT2D eigenvalue weighted by molar-refractivity contribution is -0.140. The molecule has 0 aliphatic heterocycles. The van der Waals surface area contributed by atoms with Gasteiger partial charge in [0.25, 0.3) is 5.91 Å². The van der Waals surface area contributed by atoms with Gasteiger partial charge in [0.1, 0.15) is 11.7 Å². The number of ether oxygens (including phenoxy) is 1. The summed E-state index contributed by atoms with van der Waals surface area (Å²) in [6, 6.07) is 10.9. The number of amidine groups is 1. The zero-order valence-electron chi connectivity index (χ0n) is 17.1. The lowest BCUT2D eigenvalue weighted by Crippen LogP contribution is -2.27. The number of aryl methyl sites for hydroxylation is 1. The Bertz CT molecular complexity index is 1120. The number of esters is 1. The molecule has 0 unspecified atom stereocenters. The Balaban J connectivity index is 1.95. The van der Waals surface area contributed by atoms with Crippen molar-refractivity contribution in [2.45, 2.75) is 6.42 Å². The molecule has 2 aromatic carbocycles. The third-order valence-corrected chi connectivity index (χ3v) is 4.83. The molecule has 0 saturated heterocycles. The number of anilines is 1. The predicted molar refractivity (Wildman–Crippen MR) is 116 cm³/mol. The highest BCUT2D eigenvalue weighted by Crippen LogP contribution is 2.28. The minimum absolute atomic E-state index is 0.00747. The molecular formula is C21H24N6O3. The zero-order valence-corrected chi connectivity index (χ0v) is 17.1. The Labute approximate surface area is 173 Å². The van der Waals surface area contributed by atoms with Crippen LogP contribution in [-0.4, -0.2) is 48.0 Å². The van der Waals surface area contributed by atoms with Crippen LogP contribution in [0.2, 0.25) is 0 Å². The topological polar surface area (TPSA) is 135 Å². The maximum atomic E-state index is 12.6. The number of fused-ring (bicyclic) bond motifs is 1. The Morgan fingerprint density at radius 2 is 1.93 bits per heavy atom. The second kappa shape index (κ2) is 8.64. The van der Waals surface area contributed by atoms with Crippen LogP contribution in [0.3, 0.4) is 0 Å². The van der Waals surface area contributed by atoms with Gasteiger partial charge in [-0.3, -0.25) is 15.0 Å². The summed E-state index contributed by atoms with van der Waals surface area (Å²) in [5.74, 6) is 0.0476. The summed E-state index contributed by atoms with van der Waals surface area (Å²) in [5.41, 5.74) is 9.64. The molecule has 0 aliphatic carbocycles. The molecule has 0 saturated carbocycles. The van der Waals surface area contributed by atoms with Gasteiger partial charge in [0.05, 0.1) is 30.1 Å². The molecule has 0 aliphatic rings. The summed E-state index contributed by atoms with van der Waals surface area (Å²) in [7, 11) is 4.95. The third kappa shape index (κ3) is 4.09. The molecule has 9 nitrogen and oxygen atoms in total. The number of hydrogen-bond acceptors (Lipinski definition) is 6.